The van der Waals surface area contributed by atoms with Crippen molar-refractivity contribution in [2.45, 2.75) is 56.1 Å². The number of hydrogen-bond acceptors (Lipinski definition) is 5. The molecule has 8 nitrogen and oxygen atoms in total. The van der Waals surface area contributed by atoms with Gasteiger partial charge in [-0.1, -0.05) is 13.0 Å². The smallest absolute Gasteiger partial charge is 0.267 e. The minimum Gasteiger partial charge on any atom is -0.461 e. The molecule has 2 unspecified atom stereocenters. The van der Waals surface area contributed by atoms with Crippen LogP contribution in [0.1, 0.15) is 41.5 Å². The van der Waals surface area contributed by atoms with E-state index in [1.165, 1.54) is 33.1 Å². The van der Waals surface area contributed by atoms with Gasteiger partial charge >= 0.3 is 0 Å². The second kappa shape index (κ2) is 5.56. The number of aromatic nitrogens is 2. The minimum absolute atomic E-state index is 0.0242. The van der Waals surface area contributed by atoms with Crippen molar-refractivity contribution >= 4 is 21.5 Å². The largest absolute Gasteiger partial charge is 0.461 e. The molecule has 9 heteroatoms. The van der Waals surface area contributed by atoms with E-state index < -0.39 is 16.0 Å². The number of anilines is 1. The predicted octanol–water partition coefficient (Wildman–Crippen LogP) is 1.71. The number of fused-ring (bicyclic) bond motifs is 3. The summed E-state index contributed by atoms with van der Waals surface area (Å²) in [6.07, 6.45) is 4.70. The molecule has 1 amide bonds. The lowest BCUT2D eigenvalue weighted by Crippen LogP contribution is -2.34. The second-order valence-electron chi connectivity index (χ2n) is 7.61. The molecule has 2 aliphatic carbocycles. The first kappa shape index (κ1) is 16.8. The molecule has 0 fully saturated rings. The van der Waals surface area contributed by atoms with Crippen LogP contribution in [0.25, 0.3) is 0 Å². The maximum Gasteiger partial charge on any atom is 0.267 e. The van der Waals surface area contributed by atoms with E-state index in [9.17, 15) is 9.00 Å². The fourth-order valence-electron chi connectivity index (χ4n) is 4.48. The SMILES string of the molecule is C[C@H]1Cc2cc3c(c(NC(=O)C4Cn5ncc(S(=N)(N)=O)c5O4)c21)CCC3. The third-order valence-corrected chi connectivity index (χ3v) is 6.70. The molecule has 3 atom stereocenters. The number of carbonyl (C=O) groups excluding carboxylic acids is 1. The van der Waals surface area contributed by atoms with Crippen molar-refractivity contribution in [1.29, 1.82) is 4.78 Å². The highest BCUT2D eigenvalue weighted by molar-refractivity contribution is 7.90. The number of rotatable bonds is 3. The molecule has 5 rings (SSSR count). The van der Waals surface area contributed by atoms with Gasteiger partial charge in [-0.15, -0.1) is 0 Å². The Hall–Kier alpha value is -2.39. The average molecular weight is 387 g/mol. The standard InChI is InChI=1S/C18H21N5O3S/c1-9-5-11-6-10-3-2-4-12(10)16(15(9)11)22-17(24)13-8-23-18(26-13)14(7-21-23)27(19,20)25/h6-7,9,13H,2-5,8H2,1H3,(H,22,24)(H3,19,20,25)/t9-,13?/m0/s1. The molecule has 1 aromatic carbocycles. The van der Waals surface area contributed by atoms with Crippen LogP contribution in [0.2, 0.25) is 0 Å². The third-order valence-electron chi connectivity index (χ3n) is 5.76. The number of carbonyl (C=O) groups is 1. The normalized spacial score (nSPS) is 24.2. The minimum atomic E-state index is -3.45. The molecular formula is C18H21N5O3S. The zero-order valence-electron chi connectivity index (χ0n) is 14.9. The molecule has 0 spiro atoms. The average Bonchev–Trinajstić information content (AvgIpc) is 3.27. The topological polar surface area (TPSA) is 123 Å². The number of ether oxygens (including phenoxy) is 1. The first-order valence-electron chi connectivity index (χ1n) is 9.10. The fraction of sp³-hybridized carbons (Fsp3) is 0.444. The zero-order valence-corrected chi connectivity index (χ0v) is 15.8. The van der Waals surface area contributed by atoms with Gasteiger partial charge in [0.05, 0.1) is 12.7 Å². The van der Waals surface area contributed by atoms with Crippen LogP contribution in [0.4, 0.5) is 5.69 Å². The summed E-state index contributed by atoms with van der Waals surface area (Å²) in [5, 5.41) is 12.6. The van der Waals surface area contributed by atoms with Crippen LogP contribution >= 0.6 is 0 Å². The highest BCUT2D eigenvalue weighted by atomic mass is 32.2. The van der Waals surface area contributed by atoms with E-state index in [1.807, 2.05) is 0 Å². The van der Waals surface area contributed by atoms with Crippen molar-refractivity contribution in [3.63, 3.8) is 0 Å². The summed E-state index contributed by atoms with van der Waals surface area (Å²) in [7, 11) is -3.45. The number of hydrogen-bond donors (Lipinski definition) is 3. The zero-order chi connectivity index (χ0) is 18.9. The van der Waals surface area contributed by atoms with Crippen molar-refractivity contribution < 1.29 is 13.7 Å². The molecular weight excluding hydrogens is 366 g/mol. The van der Waals surface area contributed by atoms with Gasteiger partial charge in [0, 0.05) is 5.69 Å². The molecule has 3 aliphatic rings. The van der Waals surface area contributed by atoms with E-state index in [1.54, 1.807) is 0 Å². The third kappa shape index (κ3) is 2.49. The van der Waals surface area contributed by atoms with Gasteiger partial charge in [0.1, 0.15) is 14.8 Å². The summed E-state index contributed by atoms with van der Waals surface area (Å²) >= 11 is 0. The van der Waals surface area contributed by atoms with Crippen molar-refractivity contribution in [3.05, 3.63) is 34.5 Å². The Bertz CT molecular complexity index is 1090. The van der Waals surface area contributed by atoms with E-state index in [0.29, 0.717) is 5.92 Å². The Morgan fingerprint density at radius 2 is 2.26 bits per heavy atom. The number of amides is 1. The van der Waals surface area contributed by atoms with Crippen LogP contribution in [0, 0.1) is 4.78 Å². The Kier molecular flexibility index (Phi) is 3.45. The van der Waals surface area contributed by atoms with Crippen molar-refractivity contribution in [2.24, 2.45) is 5.14 Å². The van der Waals surface area contributed by atoms with Crippen LogP contribution in [-0.2, 0) is 40.5 Å². The number of nitrogens with zero attached hydrogens (tertiary/aromatic N) is 2. The summed E-state index contributed by atoms with van der Waals surface area (Å²) in [5.41, 5.74) is 6.13. The maximum atomic E-state index is 12.9. The van der Waals surface area contributed by atoms with Gasteiger partial charge in [-0.05, 0) is 53.9 Å². The Labute approximate surface area is 157 Å². The van der Waals surface area contributed by atoms with Gasteiger partial charge in [0.15, 0.2) is 6.10 Å². The van der Waals surface area contributed by atoms with Gasteiger partial charge in [-0.2, -0.15) is 5.10 Å². The second-order valence-corrected chi connectivity index (χ2v) is 9.25. The molecule has 2 heterocycles. The van der Waals surface area contributed by atoms with Crippen LogP contribution < -0.4 is 15.2 Å². The van der Waals surface area contributed by atoms with Gasteiger partial charge in [-0.25, -0.2) is 18.8 Å². The van der Waals surface area contributed by atoms with E-state index in [2.05, 4.69) is 23.4 Å². The number of aryl methyl sites for hydroxylation is 1. The monoisotopic (exact) mass is 387 g/mol. The van der Waals surface area contributed by atoms with Crippen molar-refractivity contribution in [3.8, 4) is 5.88 Å². The van der Waals surface area contributed by atoms with Gasteiger partial charge in [0.25, 0.3) is 5.91 Å². The fourth-order valence-corrected chi connectivity index (χ4v) is 5.10. The Morgan fingerprint density at radius 1 is 1.44 bits per heavy atom. The van der Waals surface area contributed by atoms with Crippen molar-refractivity contribution in [2.75, 3.05) is 5.32 Å². The molecule has 4 N–H and O–H groups in total. The number of nitrogens with one attached hydrogen (secondary N) is 2. The lowest BCUT2D eigenvalue weighted by molar-refractivity contribution is -0.122. The summed E-state index contributed by atoms with van der Waals surface area (Å²) in [5.74, 6) is 0.344. The molecule has 0 saturated heterocycles. The van der Waals surface area contributed by atoms with Crippen LogP contribution in [0.5, 0.6) is 5.88 Å². The lowest BCUT2D eigenvalue weighted by Gasteiger charge is -2.32. The molecule has 27 heavy (non-hydrogen) atoms. The highest BCUT2D eigenvalue weighted by Crippen LogP contribution is 2.45. The highest BCUT2D eigenvalue weighted by Gasteiger charge is 2.36. The molecule has 2 aromatic rings. The van der Waals surface area contributed by atoms with Crippen LogP contribution in [0.3, 0.4) is 0 Å². The van der Waals surface area contributed by atoms with E-state index >= 15 is 0 Å². The maximum absolute atomic E-state index is 12.9. The molecule has 0 radical (unpaired) electrons. The summed E-state index contributed by atoms with van der Waals surface area (Å²) in [4.78, 5) is 12.9. The van der Waals surface area contributed by atoms with Gasteiger partial charge < -0.3 is 10.1 Å². The Balaban J connectivity index is 1.42. The summed E-state index contributed by atoms with van der Waals surface area (Å²) < 4.78 is 26.5. The summed E-state index contributed by atoms with van der Waals surface area (Å²) in [6.45, 7) is 2.39. The van der Waals surface area contributed by atoms with Crippen LogP contribution in [-0.4, -0.2) is 26.0 Å². The molecule has 0 saturated carbocycles. The van der Waals surface area contributed by atoms with E-state index in [0.717, 1.165) is 31.4 Å². The molecule has 1 aliphatic heterocycles. The van der Waals surface area contributed by atoms with Gasteiger partial charge in [0.2, 0.25) is 5.88 Å². The summed E-state index contributed by atoms with van der Waals surface area (Å²) in [6, 6.07) is 2.30. The first-order chi connectivity index (χ1) is 12.8. The van der Waals surface area contributed by atoms with Crippen molar-refractivity contribution in [1.82, 2.24) is 9.78 Å². The van der Waals surface area contributed by atoms with E-state index in [4.69, 9.17) is 14.7 Å². The molecule has 0 bridgehead atoms. The predicted molar refractivity (Wildman–Crippen MR) is 99.2 cm³/mol. The first-order valence-corrected chi connectivity index (χ1v) is 10.7. The van der Waals surface area contributed by atoms with E-state index in [-0.39, 0.29) is 23.2 Å². The quantitative estimate of drug-likeness (QED) is 0.742. The number of benzene rings is 1. The lowest BCUT2D eigenvalue weighted by atomic mass is 9.75. The molecule has 1 aromatic heterocycles. The molecule has 142 valence electrons. The van der Waals surface area contributed by atoms with Crippen LogP contribution in [0.15, 0.2) is 17.2 Å². The Morgan fingerprint density at radius 3 is 3.00 bits per heavy atom. The van der Waals surface area contributed by atoms with Gasteiger partial charge in [-0.3, -0.25) is 4.79 Å². The number of nitrogens with two attached hydrogens (primary N) is 1.